The summed E-state index contributed by atoms with van der Waals surface area (Å²) in [7, 11) is 1.56. The second kappa shape index (κ2) is 5.61. The number of hydrogen-bond donors (Lipinski definition) is 2. The molecular formula is C15H17N3O2. The van der Waals surface area contributed by atoms with E-state index in [2.05, 4.69) is 10.3 Å². The third-order valence-corrected chi connectivity index (χ3v) is 2.98. The Kier molecular flexibility index (Phi) is 3.89. The molecule has 2 rings (SSSR count). The number of aryl methyl sites for hydroxylation is 2. The zero-order valence-electron chi connectivity index (χ0n) is 11.7. The zero-order valence-corrected chi connectivity index (χ0v) is 11.7. The van der Waals surface area contributed by atoms with Gasteiger partial charge in [-0.25, -0.2) is 0 Å². The lowest BCUT2D eigenvalue weighted by Gasteiger charge is -2.11. The highest BCUT2D eigenvalue weighted by Crippen LogP contribution is 2.24. The molecule has 5 nitrogen and oxygen atoms in total. The van der Waals surface area contributed by atoms with E-state index in [-0.39, 0.29) is 5.91 Å². The lowest BCUT2D eigenvalue weighted by molar-refractivity contribution is 0.102. The standard InChI is InChI=1S/C15H17N3O2/c1-9-4-6-12(10(2)17-9)15(19)18-14-7-5-11(20-3)8-13(14)16/h4-8H,16H2,1-3H3,(H,18,19). The summed E-state index contributed by atoms with van der Waals surface area (Å²) < 4.78 is 5.07. The molecule has 0 atom stereocenters. The molecule has 0 spiro atoms. The van der Waals surface area contributed by atoms with E-state index in [0.717, 1.165) is 5.69 Å². The molecule has 2 aromatic rings. The van der Waals surface area contributed by atoms with Crippen LogP contribution in [0.2, 0.25) is 0 Å². The maximum absolute atomic E-state index is 12.2. The van der Waals surface area contributed by atoms with Crippen molar-refractivity contribution in [1.82, 2.24) is 4.98 Å². The smallest absolute Gasteiger partial charge is 0.257 e. The van der Waals surface area contributed by atoms with Gasteiger partial charge in [-0.2, -0.15) is 0 Å². The average molecular weight is 271 g/mol. The van der Waals surface area contributed by atoms with Crippen molar-refractivity contribution in [1.29, 1.82) is 0 Å². The van der Waals surface area contributed by atoms with Gasteiger partial charge in [0.15, 0.2) is 0 Å². The summed E-state index contributed by atoms with van der Waals surface area (Å²) in [5, 5.41) is 2.78. The van der Waals surface area contributed by atoms with Gasteiger partial charge < -0.3 is 15.8 Å². The number of ether oxygens (including phenoxy) is 1. The fourth-order valence-electron chi connectivity index (χ4n) is 1.90. The number of aromatic nitrogens is 1. The molecule has 1 heterocycles. The first-order valence-corrected chi connectivity index (χ1v) is 6.20. The Hall–Kier alpha value is -2.56. The van der Waals surface area contributed by atoms with Gasteiger partial charge in [0.05, 0.1) is 29.7 Å². The van der Waals surface area contributed by atoms with Gasteiger partial charge in [0, 0.05) is 11.8 Å². The number of nitrogens with zero attached hydrogens (tertiary/aromatic N) is 1. The molecule has 0 saturated heterocycles. The van der Waals surface area contributed by atoms with Crippen molar-refractivity contribution >= 4 is 17.3 Å². The third kappa shape index (κ3) is 2.88. The van der Waals surface area contributed by atoms with E-state index in [1.807, 2.05) is 6.92 Å². The maximum atomic E-state index is 12.2. The van der Waals surface area contributed by atoms with Crippen molar-refractivity contribution in [2.24, 2.45) is 0 Å². The van der Waals surface area contributed by atoms with Crippen molar-refractivity contribution in [2.45, 2.75) is 13.8 Å². The van der Waals surface area contributed by atoms with Crippen LogP contribution in [-0.4, -0.2) is 18.0 Å². The molecule has 3 N–H and O–H groups in total. The Bertz CT molecular complexity index is 654. The van der Waals surface area contributed by atoms with Crippen LogP contribution in [0, 0.1) is 13.8 Å². The molecule has 1 aromatic heterocycles. The van der Waals surface area contributed by atoms with Gasteiger partial charge in [-0.05, 0) is 38.1 Å². The Balaban J connectivity index is 2.23. The minimum absolute atomic E-state index is 0.230. The number of hydrogen-bond acceptors (Lipinski definition) is 4. The molecule has 0 unspecified atom stereocenters. The van der Waals surface area contributed by atoms with Gasteiger partial charge in [-0.15, -0.1) is 0 Å². The Morgan fingerprint density at radius 3 is 2.60 bits per heavy atom. The van der Waals surface area contributed by atoms with Crippen LogP contribution in [0.5, 0.6) is 5.75 Å². The van der Waals surface area contributed by atoms with Crippen LogP contribution in [0.1, 0.15) is 21.7 Å². The first-order valence-electron chi connectivity index (χ1n) is 6.20. The van der Waals surface area contributed by atoms with Crippen LogP contribution in [0.3, 0.4) is 0 Å². The van der Waals surface area contributed by atoms with Crippen molar-refractivity contribution in [3.05, 3.63) is 47.3 Å². The molecule has 0 aliphatic rings. The second-order valence-corrected chi connectivity index (χ2v) is 4.49. The first kappa shape index (κ1) is 13.9. The molecule has 0 fully saturated rings. The maximum Gasteiger partial charge on any atom is 0.257 e. The van der Waals surface area contributed by atoms with Crippen molar-refractivity contribution in [3.8, 4) is 5.75 Å². The van der Waals surface area contributed by atoms with Crippen LogP contribution in [-0.2, 0) is 0 Å². The molecule has 0 bridgehead atoms. The third-order valence-electron chi connectivity index (χ3n) is 2.98. The number of rotatable bonds is 3. The number of nitrogens with two attached hydrogens (primary N) is 1. The van der Waals surface area contributed by atoms with E-state index < -0.39 is 0 Å². The van der Waals surface area contributed by atoms with Crippen molar-refractivity contribution in [3.63, 3.8) is 0 Å². The average Bonchev–Trinajstić information content (AvgIpc) is 2.40. The molecule has 0 saturated carbocycles. The van der Waals surface area contributed by atoms with E-state index in [9.17, 15) is 4.79 Å². The normalized spacial score (nSPS) is 10.2. The van der Waals surface area contributed by atoms with E-state index in [1.165, 1.54) is 0 Å². The van der Waals surface area contributed by atoms with Gasteiger partial charge in [0.2, 0.25) is 0 Å². The SMILES string of the molecule is COc1ccc(NC(=O)c2ccc(C)nc2C)c(N)c1. The highest BCUT2D eigenvalue weighted by Gasteiger charge is 2.12. The molecule has 104 valence electrons. The lowest BCUT2D eigenvalue weighted by atomic mass is 10.1. The van der Waals surface area contributed by atoms with Crippen LogP contribution in [0.15, 0.2) is 30.3 Å². The van der Waals surface area contributed by atoms with Crippen molar-refractivity contribution < 1.29 is 9.53 Å². The molecule has 1 amide bonds. The summed E-state index contributed by atoms with van der Waals surface area (Å²) in [5.74, 6) is 0.417. The molecule has 20 heavy (non-hydrogen) atoms. The zero-order chi connectivity index (χ0) is 14.7. The fourth-order valence-corrected chi connectivity index (χ4v) is 1.90. The van der Waals surface area contributed by atoms with E-state index in [0.29, 0.717) is 28.4 Å². The summed E-state index contributed by atoms with van der Waals surface area (Å²) in [4.78, 5) is 16.5. The predicted octanol–water partition coefficient (Wildman–Crippen LogP) is 2.54. The summed E-state index contributed by atoms with van der Waals surface area (Å²) >= 11 is 0. The van der Waals surface area contributed by atoms with Crippen LogP contribution in [0.25, 0.3) is 0 Å². The molecule has 0 aliphatic carbocycles. The summed E-state index contributed by atoms with van der Waals surface area (Å²) in [6, 6.07) is 8.68. The second-order valence-electron chi connectivity index (χ2n) is 4.49. The molecule has 1 aromatic carbocycles. The molecule has 0 radical (unpaired) electrons. The number of carbonyl (C=O) groups is 1. The highest BCUT2D eigenvalue weighted by atomic mass is 16.5. The van der Waals surface area contributed by atoms with E-state index >= 15 is 0 Å². The topological polar surface area (TPSA) is 77.2 Å². The largest absolute Gasteiger partial charge is 0.497 e. The summed E-state index contributed by atoms with van der Waals surface area (Å²) in [5.41, 5.74) is 8.98. The van der Waals surface area contributed by atoms with Crippen LogP contribution in [0.4, 0.5) is 11.4 Å². The molecule has 0 aliphatic heterocycles. The lowest BCUT2D eigenvalue weighted by Crippen LogP contribution is -2.15. The number of benzene rings is 1. The van der Waals surface area contributed by atoms with E-state index in [4.69, 9.17) is 10.5 Å². The first-order chi connectivity index (χ1) is 9.51. The summed E-state index contributed by atoms with van der Waals surface area (Å²) in [6.07, 6.45) is 0. The highest BCUT2D eigenvalue weighted by molar-refractivity contribution is 6.06. The fraction of sp³-hybridized carbons (Fsp3) is 0.200. The quantitative estimate of drug-likeness (QED) is 0.841. The number of carbonyl (C=O) groups excluding carboxylic acids is 1. The number of amides is 1. The van der Waals surface area contributed by atoms with Crippen LogP contribution >= 0.6 is 0 Å². The number of methoxy groups -OCH3 is 1. The van der Waals surface area contributed by atoms with Gasteiger partial charge in [-0.1, -0.05) is 0 Å². The predicted molar refractivity (Wildman–Crippen MR) is 79.1 cm³/mol. The van der Waals surface area contributed by atoms with Gasteiger partial charge in [0.25, 0.3) is 5.91 Å². The number of anilines is 2. The minimum Gasteiger partial charge on any atom is -0.497 e. The Morgan fingerprint density at radius 1 is 1.25 bits per heavy atom. The monoisotopic (exact) mass is 271 g/mol. The van der Waals surface area contributed by atoms with E-state index in [1.54, 1.807) is 44.4 Å². The molecular weight excluding hydrogens is 254 g/mol. The molecule has 5 heteroatoms. The number of pyridine rings is 1. The minimum atomic E-state index is -0.230. The van der Waals surface area contributed by atoms with Gasteiger partial charge in [-0.3, -0.25) is 9.78 Å². The van der Waals surface area contributed by atoms with Crippen molar-refractivity contribution in [2.75, 3.05) is 18.2 Å². The Morgan fingerprint density at radius 2 is 2.00 bits per heavy atom. The van der Waals surface area contributed by atoms with Gasteiger partial charge in [0.1, 0.15) is 5.75 Å². The summed E-state index contributed by atoms with van der Waals surface area (Å²) in [6.45, 7) is 3.69. The van der Waals surface area contributed by atoms with Gasteiger partial charge >= 0.3 is 0 Å². The Labute approximate surface area is 117 Å². The van der Waals surface area contributed by atoms with Crippen LogP contribution < -0.4 is 15.8 Å². The number of nitrogen functional groups attached to an aromatic ring is 1. The number of nitrogens with one attached hydrogen (secondary N) is 1.